The molecule has 0 unspecified atom stereocenters. The van der Waals surface area contributed by atoms with Gasteiger partial charge in [-0.3, -0.25) is 9.48 Å². The van der Waals surface area contributed by atoms with E-state index >= 15 is 0 Å². The highest BCUT2D eigenvalue weighted by molar-refractivity contribution is 5.57. The predicted molar refractivity (Wildman–Crippen MR) is 70.1 cm³/mol. The van der Waals surface area contributed by atoms with E-state index in [-0.39, 0.29) is 5.56 Å². The minimum atomic E-state index is -0.147. The van der Waals surface area contributed by atoms with Gasteiger partial charge in [-0.25, -0.2) is 4.98 Å². The SMILES string of the molecule is CCc1nc(Nc2cn(C)nc2CC)cc(=O)[nH]1. The van der Waals surface area contributed by atoms with Gasteiger partial charge in [-0.05, 0) is 6.42 Å². The smallest absolute Gasteiger partial charge is 0.252 e. The lowest BCUT2D eigenvalue weighted by atomic mass is 10.3. The van der Waals surface area contributed by atoms with Crippen LogP contribution in [0, 0.1) is 0 Å². The minimum absolute atomic E-state index is 0.147. The number of rotatable bonds is 4. The first kappa shape index (κ1) is 12.3. The van der Waals surface area contributed by atoms with E-state index in [2.05, 4.69) is 20.4 Å². The fourth-order valence-electron chi connectivity index (χ4n) is 1.78. The van der Waals surface area contributed by atoms with E-state index in [0.29, 0.717) is 18.1 Å². The van der Waals surface area contributed by atoms with Gasteiger partial charge in [-0.2, -0.15) is 5.10 Å². The summed E-state index contributed by atoms with van der Waals surface area (Å²) >= 11 is 0. The third-order valence-corrected chi connectivity index (χ3v) is 2.63. The summed E-state index contributed by atoms with van der Waals surface area (Å²) in [5.41, 5.74) is 1.70. The molecule has 6 nitrogen and oxygen atoms in total. The van der Waals surface area contributed by atoms with E-state index in [4.69, 9.17) is 0 Å². The maximum atomic E-state index is 11.5. The molecule has 0 radical (unpaired) electrons. The van der Waals surface area contributed by atoms with Crippen LogP contribution >= 0.6 is 0 Å². The van der Waals surface area contributed by atoms with Crippen LogP contribution in [0.15, 0.2) is 17.1 Å². The fourth-order valence-corrected chi connectivity index (χ4v) is 1.78. The fraction of sp³-hybridized carbons (Fsp3) is 0.417. The van der Waals surface area contributed by atoms with Gasteiger partial charge in [0.05, 0.1) is 11.4 Å². The molecule has 0 spiro atoms. The van der Waals surface area contributed by atoms with Crippen LogP contribution in [0.4, 0.5) is 11.5 Å². The number of aromatic nitrogens is 4. The van der Waals surface area contributed by atoms with Crippen molar-refractivity contribution in [1.82, 2.24) is 19.7 Å². The number of hydrogen-bond acceptors (Lipinski definition) is 4. The van der Waals surface area contributed by atoms with Gasteiger partial charge in [0.15, 0.2) is 0 Å². The van der Waals surface area contributed by atoms with Crippen molar-refractivity contribution >= 4 is 11.5 Å². The van der Waals surface area contributed by atoms with Crippen molar-refractivity contribution in [3.63, 3.8) is 0 Å². The lowest BCUT2D eigenvalue weighted by Gasteiger charge is -2.05. The van der Waals surface area contributed by atoms with Gasteiger partial charge >= 0.3 is 0 Å². The molecule has 0 amide bonds. The Hall–Kier alpha value is -2.11. The second kappa shape index (κ2) is 5.03. The van der Waals surface area contributed by atoms with Crippen LogP contribution in [0.1, 0.15) is 25.4 Å². The van der Waals surface area contributed by atoms with Crippen molar-refractivity contribution in [3.8, 4) is 0 Å². The van der Waals surface area contributed by atoms with Gasteiger partial charge in [0.2, 0.25) is 0 Å². The number of anilines is 2. The summed E-state index contributed by atoms with van der Waals surface area (Å²) in [7, 11) is 1.87. The highest BCUT2D eigenvalue weighted by Gasteiger charge is 2.07. The quantitative estimate of drug-likeness (QED) is 0.855. The molecule has 0 aromatic carbocycles. The van der Waals surface area contributed by atoms with Crippen LogP contribution in [0.2, 0.25) is 0 Å². The van der Waals surface area contributed by atoms with Gasteiger partial charge in [0.25, 0.3) is 5.56 Å². The van der Waals surface area contributed by atoms with Crippen LogP contribution in [0.25, 0.3) is 0 Å². The molecular formula is C12H17N5O. The second-order valence-electron chi connectivity index (χ2n) is 4.07. The van der Waals surface area contributed by atoms with Gasteiger partial charge < -0.3 is 10.3 Å². The average molecular weight is 247 g/mol. The number of hydrogen-bond donors (Lipinski definition) is 2. The molecule has 0 aliphatic carbocycles. The zero-order valence-electron chi connectivity index (χ0n) is 10.8. The molecule has 0 saturated heterocycles. The van der Waals surface area contributed by atoms with E-state index in [9.17, 15) is 4.79 Å². The minimum Gasteiger partial charge on any atom is -0.337 e. The van der Waals surface area contributed by atoms with Crippen LogP contribution < -0.4 is 10.9 Å². The third kappa shape index (κ3) is 2.58. The molecule has 0 bridgehead atoms. The molecule has 2 aromatic heterocycles. The monoisotopic (exact) mass is 247 g/mol. The molecule has 0 aliphatic heterocycles. The Morgan fingerprint density at radius 3 is 2.83 bits per heavy atom. The Bertz CT molecular complexity index is 599. The van der Waals surface area contributed by atoms with Crippen LogP contribution in [0.3, 0.4) is 0 Å². The van der Waals surface area contributed by atoms with E-state index in [0.717, 1.165) is 17.8 Å². The molecule has 2 rings (SSSR count). The van der Waals surface area contributed by atoms with Crippen molar-refractivity contribution in [2.75, 3.05) is 5.32 Å². The summed E-state index contributed by atoms with van der Waals surface area (Å²) in [5.74, 6) is 1.23. The molecule has 2 heterocycles. The zero-order chi connectivity index (χ0) is 13.1. The predicted octanol–water partition coefficient (Wildman–Crippen LogP) is 1.37. The highest BCUT2D eigenvalue weighted by atomic mass is 16.1. The van der Waals surface area contributed by atoms with E-state index < -0.39 is 0 Å². The third-order valence-electron chi connectivity index (χ3n) is 2.63. The highest BCUT2D eigenvalue weighted by Crippen LogP contribution is 2.17. The molecule has 18 heavy (non-hydrogen) atoms. The molecule has 2 aromatic rings. The summed E-state index contributed by atoms with van der Waals surface area (Å²) in [6.45, 7) is 3.99. The normalized spacial score (nSPS) is 10.6. The number of nitrogens with one attached hydrogen (secondary N) is 2. The van der Waals surface area contributed by atoms with Crippen LogP contribution in [0.5, 0.6) is 0 Å². The average Bonchev–Trinajstić information content (AvgIpc) is 2.68. The van der Waals surface area contributed by atoms with Crippen molar-refractivity contribution in [3.05, 3.63) is 34.1 Å². The topological polar surface area (TPSA) is 75.6 Å². The zero-order valence-corrected chi connectivity index (χ0v) is 10.8. The molecule has 2 N–H and O–H groups in total. The van der Waals surface area contributed by atoms with Gasteiger partial charge in [0, 0.05) is 25.7 Å². The van der Waals surface area contributed by atoms with E-state index in [1.54, 1.807) is 4.68 Å². The Morgan fingerprint density at radius 2 is 2.17 bits per heavy atom. The van der Waals surface area contributed by atoms with Crippen molar-refractivity contribution in [1.29, 1.82) is 0 Å². The maximum Gasteiger partial charge on any atom is 0.252 e. The number of nitrogens with zero attached hydrogens (tertiary/aromatic N) is 3. The van der Waals surface area contributed by atoms with Crippen molar-refractivity contribution in [2.24, 2.45) is 7.05 Å². The van der Waals surface area contributed by atoms with Gasteiger partial charge in [0.1, 0.15) is 11.6 Å². The molecule has 0 saturated carbocycles. The van der Waals surface area contributed by atoms with Crippen molar-refractivity contribution < 1.29 is 0 Å². The molecule has 0 fully saturated rings. The Morgan fingerprint density at radius 1 is 1.39 bits per heavy atom. The van der Waals surface area contributed by atoms with Gasteiger partial charge in [-0.15, -0.1) is 0 Å². The summed E-state index contributed by atoms with van der Waals surface area (Å²) in [5, 5.41) is 7.48. The molecule has 96 valence electrons. The maximum absolute atomic E-state index is 11.5. The molecule has 0 aliphatic rings. The summed E-state index contributed by atoms with van der Waals surface area (Å²) < 4.78 is 1.75. The summed E-state index contributed by atoms with van der Waals surface area (Å²) in [4.78, 5) is 18.5. The van der Waals surface area contributed by atoms with Crippen LogP contribution in [-0.2, 0) is 19.9 Å². The van der Waals surface area contributed by atoms with E-state index in [1.165, 1.54) is 6.07 Å². The Balaban J connectivity index is 2.33. The van der Waals surface area contributed by atoms with Crippen molar-refractivity contribution in [2.45, 2.75) is 26.7 Å². The number of aryl methyl sites for hydroxylation is 3. The Labute approximate surface area is 105 Å². The lowest BCUT2D eigenvalue weighted by molar-refractivity contribution is 0.746. The van der Waals surface area contributed by atoms with E-state index in [1.807, 2.05) is 27.1 Å². The summed E-state index contributed by atoms with van der Waals surface area (Å²) in [6, 6.07) is 1.45. The standard InChI is InChI=1S/C12H17N5O/c1-4-8-9(7-17(3)16-8)13-11-6-12(18)15-10(5-2)14-11/h6-7H,4-5H2,1-3H3,(H2,13,14,15,18). The first-order valence-electron chi connectivity index (χ1n) is 6.02. The summed E-state index contributed by atoms with van der Waals surface area (Å²) in [6.07, 6.45) is 3.40. The molecular weight excluding hydrogens is 230 g/mol. The first-order valence-corrected chi connectivity index (χ1v) is 6.02. The van der Waals surface area contributed by atoms with Crippen LogP contribution in [-0.4, -0.2) is 19.7 Å². The molecule has 6 heteroatoms. The molecule has 0 atom stereocenters. The van der Waals surface area contributed by atoms with Gasteiger partial charge in [-0.1, -0.05) is 13.8 Å². The largest absolute Gasteiger partial charge is 0.337 e. The number of H-pyrrole nitrogens is 1. The Kier molecular flexibility index (Phi) is 3.45. The second-order valence-corrected chi connectivity index (χ2v) is 4.07. The number of aromatic amines is 1. The lowest BCUT2D eigenvalue weighted by Crippen LogP contribution is -2.11. The first-order chi connectivity index (χ1) is 8.62.